The highest BCUT2D eigenvalue weighted by Crippen LogP contribution is 2.23. The first-order valence-electron chi connectivity index (χ1n) is 7.89. The topological polar surface area (TPSA) is 45.2 Å². The van der Waals surface area contributed by atoms with E-state index in [-0.39, 0.29) is 0 Å². The number of anilines is 1. The Kier molecular flexibility index (Phi) is 3.63. The van der Waals surface area contributed by atoms with E-state index in [4.69, 9.17) is 0 Å². The van der Waals surface area contributed by atoms with Gasteiger partial charge in [0.05, 0.1) is 5.52 Å². The fourth-order valence-corrected chi connectivity index (χ4v) is 2.91. The van der Waals surface area contributed by atoms with Crippen LogP contribution in [-0.4, -0.2) is 53.1 Å². The normalized spacial score (nSPS) is 16.0. The van der Waals surface area contributed by atoms with Crippen LogP contribution in [0.4, 0.5) is 5.82 Å². The largest absolute Gasteiger partial charge is 0.354 e. The molecule has 0 radical (unpaired) electrons. The van der Waals surface area contributed by atoms with Crippen molar-refractivity contribution in [2.45, 2.75) is 0 Å². The number of hydrogen-bond donors (Lipinski definition) is 0. The molecular formula is C18H19N5. The van der Waals surface area contributed by atoms with Crippen molar-refractivity contribution >= 4 is 16.7 Å². The van der Waals surface area contributed by atoms with Crippen LogP contribution in [0, 0.1) is 0 Å². The van der Waals surface area contributed by atoms with Crippen molar-refractivity contribution in [2.75, 3.05) is 38.1 Å². The molecule has 1 aliphatic rings. The zero-order valence-electron chi connectivity index (χ0n) is 13.2. The first kappa shape index (κ1) is 14.1. The molecule has 0 atom stereocenters. The number of rotatable bonds is 2. The minimum Gasteiger partial charge on any atom is -0.354 e. The van der Waals surface area contributed by atoms with Gasteiger partial charge in [-0.2, -0.15) is 0 Å². The highest BCUT2D eigenvalue weighted by molar-refractivity contribution is 5.82. The predicted molar refractivity (Wildman–Crippen MR) is 92.5 cm³/mol. The number of piperazine rings is 1. The molecule has 3 aromatic heterocycles. The molecule has 0 bridgehead atoms. The molecule has 116 valence electrons. The van der Waals surface area contributed by atoms with Crippen molar-refractivity contribution in [1.29, 1.82) is 0 Å². The zero-order chi connectivity index (χ0) is 15.6. The monoisotopic (exact) mass is 305 g/mol. The molecule has 5 nitrogen and oxygen atoms in total. The van der Waals surface area contributed by atoms with E-state index in [1.807, 2.05) is 24.7 Å². The Morgan fingerprint density at radius 1 is 0.870 bits per heavy atom. The van der Waals surface area contributed by atoms with Crippen molar-refractivity contribution in [1.82, 2.24) is 19.9 Å². The average Bonchev–Trinajstić information content (AvgIpc) is 2.62. The summed E-state index contributed by atoms with van der Waals surface area (Å²) in [6.45, 7) is 4.24. The number of fused-ring (bicyclic) bond motifs is 1. The van der Waals surface area contributed by atoms with Crippen molar-refractivity contribution in [3.8, 4) is 11.1 Å². The molecule has 3 aromatic rings. The van der Waals surface area contributed by atoms with Crippen LogP contribution in [0.3, 0.4) is 0 Å². The zero-order valence-corrected chi connectivity index (χ0v) is 13.2. The lowest BCUT2D eigenvalue weighted by Gasteiger charge is -2.33. The van der Waals surface area contributed by atoms with Crippen LogP contribution < -0.4 is 4.90 Å². The molecule has 0 aromatic carbocycles. The maximum absolute atomic E-state index is 4.65. The second-order valence-electron chi connectivity index (χ2n) is 5.99. The van der Waals surface area contributed by atoms with Crippen LogP contribution >= 0.6 is 0 Å². The number of pyridine rings is 3. The van der Waals surface area contributed by atoms with Gasteiger partial charge in [0.15, 0.2) is 0 Å². The van der Waals surface area contributed by atoms with E-state index < -0.39 is 0 Å². The summed E-state index contributed by atoms with van der Waals surface area (Å²) in [5.41, 5.74) is 3.12. The van der Waals surface area contributed by atoms with Gasteiger partial charge in [0.1, 0.15) is 5.82 Å². The number of aromatic nitrogens is 3. The Morgan fingerprint density at radius 2 is 1.70 bits per heavy atom. The summed E-state index contributed by atoms with van der Waals surface area (Å²) in [6, 6.07) is 8.27. The third-order valence-electron chi connectivity index (χ3n) is 4.39. The fraction of sp³-hybridized carbons (Fsp3) is 0.278. The molecule has 0 amide bonds. The van der Waals surface area contributed by atoms with Gasteiger partial charge in [-0.25, -0.2) is 4.98 Å². The maximum atomic E-state index is 4.65. The lowest BCUT2D eigenvalue weighted by atomic mass is 10.1. The van der Waals surface area contributed by atoms with Crippen molar-refractivity contribution in [3.63, 3.8) is 0 Å². The van der Waals surface area contributed by atoms with Gasteiger partial charge >= 0.3 is 0 Å². The van der Waals surface area contributed by atoms with E-state index in [0.717, 1.165) is 54.0 Å². The summed E-state index contributed by atoms with van der Waals surface area (Å²) in [5.74, 6) is 1.05. The number of nitrogens with zero attached hydrogens (tertiary/aromatic N) is 5. The summed E-state index contributed by atoms with van der Waals surface area (Å²) >= 11 is 0. The van der Waals surface area contributed by atoms with Gasteiger partial charge in [-0.1, -0.05) is 0 Å². The Morgan fingerprint density at radius 3 is 2.48 bits per heavy atom. The van der Waals surface area contributed by atoms with Crippen LogP contribution in [0.25, 0.3) is 22.0 Å². The summed E-state index contributed by atoms with van der Waals surface area (Å²) in [4.78, 5) is 18.0. The molecule has 4 heterocycles. The molecule has 23 heavy (non-hydrogen) atoms. The van der Waals surface area contributed by atoms with Crippen molar-refractivity contribution in [3.05, 3.63) is 49.1 Å². The third-order valence-corrected chi connectivity index (χ3v) is 4.39. The van der Waals surface area contributed by atoms with Crippen LogP contribution in [0.1, 0.15) is 0 Å². The van der Waals surface area contributed by atoms with Gasteiger partial charge < -0.3 is 9.80 Å². The Balaban J connectivity index is 1.59. The molecule has 1 aliphatic heterocycles. The molecule has 0 saturated carbocycles. The molecule has 0 spiro atoms. The lowest BCUT2D eigenvalue weighted by Crippen LogP contribution is -2.44. The minimum atomic E-state index is 0.964. The smallest absolute Gasteiger partial charge is 0.128 e. The average molecular weight is 305 g/mol. The Labute approximate surface area is 135 Å². The predicted octanol–water partition coefficient (Wildman–Crippen LogP) is 2.44. The van der Waals surface area contributed by atoms with E-state index in [2.05, 4.69) is 50.0 Å². The third kappa shape index (κ3) is 2.87. The van der Waals surface area contributed by atoms with E-state index in [1.54, 1.807) is 6.20 Å². The SMILES string of the molecule is CN1CCN(c2ccc(-c3cnc4ccncc4c3)cn2)CC1. The quantitative estimate of drug-likeness (QED) is 0.727. The van der Waals surface area contributed by atoms with Crippen molar-refractivity contribution in [2.24, 2.45) is 0 Å². The molecule has 0 aliphatic carbocycles. The molecular weight excluding hydrogens is 286 g/mol. The summed E-state index contributed by atoms with van der Waals surface area (Å²) < 4.78 is 0. The first-order chi connectivity index (χ1) is 11.3. The summed E-state index contributed by atoms with van der Waals surface area (Å²) in [7, 11) is 2.16. The highest BCUT2D eigenvalue weighted by atomic mass is 15.3. The van der Waals surface area contributed by atoms with E-state index in [0.29, 0.717) is 0 Å². The minimum absolute atomic E-state index is 0.964. The van der Waals surface area contributed by atoms with E-state index in [9.17, 15) is 0 Å². The van der Waals surface area contributed by atoms with Crippen molar-refractivity contribution < 1.29 is 0 Å². The van der Waals surface area contributed by atoms with Crippen LogP contribution in [0.15, 0.2) is 49.1 Å². The second kappa shape index (κ2) is 5.93. The standard InChI is InChI=1S/C18H19N5/c1-22-6-8-23(9-7-22)18-3-2-14(12-21-18)15-10-16-11-19-5-4-17(16)20-13-15/h2-5,10-13H,6-9H2,1H3. The summed E-state index contributed by atoms with van der Waals surface area (Å²) in [6.07, 6.45) is 7.45. The van der Waals surface area contributed by atoms with Crippen LogP contribution in [0.2, 0.25) is 0 Å². The molecule has 5 heteroatoms. The molecule has 0 N–H and O–H groups in total. The second-order valence-corrected chi connectivity index (χ2v) is 5.99. The van der Waals surface area contributed by atoms with Gasteiger partial charge in [-0.3, -0.25) is 9.97 Å². The Bertz CT molecular complexity index is 807. The van der Waals surface area contributed by atoms with Gasteiger partial charge in [-0.15, -0.1) is 0 Å². The molecule has 1 saturated heterocycles. The lowest BCUT2D eigenvalue weighted by molar-refractivity contribution is 0.312. The van der Waals surface area contributed by atoms with E-state index in [1.165, 1.54) is 0 Å². The molecule has 0 unspecified atom stereocenters. The molecule has 1 fully saturated rings. The first-order valence-corrected chi connectivity index (χ1v) is 7.89. The summed E-state index contributed by atoms with van der Waals surface area (Å²) in [5, 5.41) is 1.05. The van der Waals surface area contributed by atoms with Crippen LogP contribution in [-0.2, 0) is 0 Å². The number of likely N-dealkylation sites (N-methyl/N-ethyl adjacent to an activating group) is 1. The fourth-order valence-electron chi connectivity index (χ4n) is 2.91. The van der Waals surface area contributed by atoms with Gasteiger partial charge in [0.2, 0.25) is 0 Å². The number of hydrogen-bond acceptors (Lipinski definition) is 5. The van der Waals surface area contributed by atoms with Gasteiger partial charge in [0.25, 0.3) is 0 Å². The highest BCUT2D eigenvalue weighted by Gasteiger charge is 2.15. The van der Waals surface area contributed by atoms with Crippen LogP contribution in [0.5, 0.6) is 0 Å². The Hall–Kier alpha value is -2.53. The molecule has 4 rings (SSSR count). The van der Waals surface area contributed by atoms with Gasteiger partial charge in [-0.05, 0) is 31.3 Å². The van der Waals surface area contributed by atoms with Gasteiger partial charge in [0, 0.05) is 67.5 Å². The van der Waals surface area contributed by atoms with E-state index >= 15 is 0 Å². The maximum Gasteiger partial charge on any atom is 0.128 e.